The molecule has 1 saturated heterocycles. The highest BCUT2D eigenvalue weighted by Crippen LogP contribution is 2.39. The predicted octanol–water partition coefficient (Wildman–Crippen LogP) is 4.69. The third-order valence-corrected chi connectivity index (χ3v) is 6.04. The average molecular weight is 497 g/mol. The van der Waals surface area contributed by atoms with Gasteiger partial charge in [0.25, 0.3) is 0 Å². The number of hydrogen-bond donors (Lipinski definition) is 1. The largest absolute Gasteiger partial charge is 0.507 e. The minimum absolute atomic E-state index is 0.00727. The number of alkyl halides is 3. The molecule has 3 aromatic rings. The lowest BCUT2D eigenvalue weighted by Crippen LogP contribution is -2.43. The molecule has 0 bridgehead atoms. The molecule has 1 N–H and O–H groups in total. The Balaban J connectivity index is 1.92. The van der Waals surface area contributed by atoms with E-state index in [4.69, 9.17) is 4.42 Å². The second-order valence-electron chi connectivity index (χ2n) is 7.66. The molecule has 5 nitrogen and oxygen atoms in total. The van der Waals surface area contributed by atoms with Crippen LogP contribution in [0.25, 0.3) is 22.1 Å². The lowest BCUT2D eigenvalue weighted by Gasteiger charge is -2.32. The summed E-state index contributed by atoms with van der Waals surface area (Å²) in [6.45, 7) is 3.18. The summed E-state index contributed by atoms with van der Waals surface area (Å²) >= 11 is 3.24. The number of hydrogen-bond acceptors (Lipinski definition) is 5. The lowest BCUT2D eigenvalue weighted by atomic mass is 10.00. The van der Waals surface area contributed by atoms with E-state index in [1.165, 1.54) is 24.3 Å². The fourth-order valence-corrected chi connectivity index (χ4v) is 4.03. The van der Waals surface area contributed by atoms with Crippen LogP contribution >= 0.6 is 15.9 Å². The number of rotatable bonds is 3. The van der Waals surface area contributed by atoms with Crippen LogP contribution in [0.5, 0.6) is 5.75 Å². The zero-order chi connectivity index (χ0) is 22.3. The van der Waals surface area contributed by atoms with Gasteiger partial charge in [-0.15, -0.1) is 0 Å². The highest BCUT2D eigenvalue weighted by atomic mass is 79.9. The van der Waals surface area contributed by atoms with E-state index < -0.39 is 22.9 Å². The smallest absolute Gasteiger partial charge is 0.450 e. The van der Waals surface area contributed by atoms with Crippen LogP contribution in [0.4, 0.5) is 13.2 Å². The molecule has 0 unspecified atom stereocenters. The van der Waals surface area contributed by atoms with Crippen LogP contribution in [0.2, 0.25) is 0 Å². The van der Waals surface area contributed by atoms with Gasteiger partial charge < -0.3 is 14.4 Å². The Morgan fingerprint density at radius 2 is 1.71 bits per heavy atom. The van der Waals surface area contributed by atoms with Crippen molar-refractivity contribution in [2.24, 2.45) is 0 Å². The number of fused-ring (bicyclic) bond motifs is 1. The molecule has 164 valence electrons. The number of nitrogens with zero attached hydrogens (tertiary/aromatic N) is 2. The van der Waals surface area contributed by atoms with Crippen LogP contribution in [-0.4, -0.2) is 48.1 Å². The number of benzene rings is 2. The highest BCUT2D eigenvalue weighted by molar-refractivity contribution is 9.10. The van der Waals surface area contributed by atoms with E-state index in [9.17, 15) is 23.1 Å². The second-order valence-corrected chi connectivity index (χ2v) is 8.57. The fraction of sp³-hybridized carbons (Fsp3) is 0.318. The van der Waals surface area contributed by atoms with Gasteiger partial charge in [-0.25, -0.2) is 0 Å². The van der Waals surface area contributed by atoms with E-state index in [-0.39, 0.29) is 34.4 Å². The van der Waals surface area contributed by atoms with Gasteiger partial charge in [0, 0.05) is 37.2 Å². The van der Waals surface area contributed by atoms with Gasteiger partial charge in [-0.2, -0.15) is 13.2 Å². The molecule has 1 aromatic heterocycles. The Bertz CT molecular complexity index is 1170. The lowest BCUT2D eigenvalue weighted by molar-refractivity contribution is -0.152. The molecule has 0 aliphatic carbocycles. The first-order chi connectivity index (χ1) is 14.6. The monoisotopic (exact) mass is 496 g/mol. The van der Waals surface area contributed by atoms with Crippen molar-refractivity contribution in [3.63, 3.8) is 0 Å². The molecule has 1 fully saturated rings. The van der Waals surface area contributed by atoms with Crippen molar-refractivity contribution in [3.05, 3.63) is 62.4 Å². The van der Waals surface area contributed by atoms with Gasteiger partial charge in [0.05, 0.1) is 16.5 Å². The van der Waals surface area contributed by atoms with Gasteiger partial charge in [0.2, 0.25) is 11.2 Å². The number of halogens is 4. The van der Waals surface area contributed by atoms with Crippen molar-refractivity contribution >= 4 is 26.9 Å². The first kappa shape index (κ1) is 21.9. The summed E-state index contributed by atoms with van der Waals surface area (Å²) in [5, 5.41) is 10.4. The molecule has 0 saturated carbocycles. The summed E-state index contributed by atoms with van der Waals surface area (Å²) in [5.41, 5.74) is -1.25. The van der Waals surface area contributed by atoms with E-state index in [1.807, 2.05) is 11.9 Å². The number of aromatic hydroxyl groups is 1. The van der Waals surface area contributed by atoms with Gasteiger partial charge in [-0.05, 0) is 36.9 Å². The Hall–Kier alpha value is -2.36. The van der Waals surface area contributed by atoms with E-state index in [1.54, 1.807) is 12.1 Å². The average Bonchev–Trinajstić information content (AvgIpc) is 2.71. The fourth-order valence-electron chi connectivity index (χ4n) is 3.76. The SMILES string of the molecule is CN1CCN(Cc2c(O)ccc3c(=O)c(-c4ccc(Br)cc4)c(C(F)(F)F)oc23)CC1. The van der Waals surface area contributed by atoms with Crippen LogP contribution in [-0.2, 0) is 12.7 Å². The van der Waals surface area contributed by atoms with Crippen LogP contribution in [0.1, 0.15) is 11.3 Å². The number of piperazine rings is 1. The van der Waals surface area contributed by atoms with Crippen LogP contribution < -0.4 is 5.43 Å². The third kappa shape index (κ3) is 4.35. The van der Waals surface area contributed by atoms with Crippen molar-refractivity contribution in [2.75, 3.05) is 33.2 Å². The molecular weight excluding hydrogens is 477 g/mol. The van der Waals surface area contributed by atoms with Crippen molar-refractivity contribution in [3.8, 4) is 16.9 Å². The number of phenolic OH excluding ortho intramolecular Hbond substituents is 1. The maximum Gasteiger partial charge on any atom is 0.450 e. The van der Waals surface area contributed by atoms with Gasteiger partial charge in [0.1, 0.15) is 11.3 Å². The highest BCUT2D eigenvalue weighted by Gasteiger charge is 2.40. The number of phenols is 1. The predicted molar refractivity (Wildman–Crippen MR) is 115 cm³/mol. The Kier molecular flexibility index (Phi) is 5.85. The summed E-state index contributed by atoms with van der Waals surface area (Å²) in [6, 6.07) is 8.64. The van der Waals surface area contributed by atoms with Crippen molar-refractivity contribution in [1.82, 2.24) is 9.80 Å². The number of likely N-dealkylation sites (N-methyl/N-ethyl adjacent to an activating group) is 1. The van der Waals surface area contributed by atoms with Gasteiger partial charge >= 0.3 is 6.18 Å². The maximum atomic E-state index is 13.9. The summed E-state index contributed by atoms with van der Waals surface area (Å²) in [4.78, 5) is 17.4. The molecule has 4 rings (SSSR count). The molecule has 0 spiro atoms. The molecule has 0 amide bonds. The van der Waals surface area contributed by atoms with E-state index in [2.05, 4.69) is 20.8 Å². The van der Waals surface area contributed by atoms with E-state index in [0.717, 1.165) is 13.1 Å². The van der Waals surface area contributed by atoms with Crippen molar-refractivity contribution in [2.45, 2.75) is 12.7 Å². The first-order valence-corrected chi connectivity index (χ1v) is 10.5. The molecule has 0 radical (unpaired) electrons. The molecule has 0 atom stereocenters. The topological polar surface area (TPSA) is 56.9 Å². The molecule has 31 heavy (non-hydrogen) atoms. The molecular formula is C22H20BrF3N2O3. The maximum absolute atomic E-state index is 13.9. The van der Waals surface area contributed by atoms with Crippen molar-refractivity contribution < 1.29 is 22.7 Å². The van der Waals surface area contributed by atoms with Crippen LogP contribution in [0.15, 0.2) is 50.1 Å². The molecule has 2 heterocycles. The summed E-state index contributed by atoms with van der Waals surface area (Å²) < 4.78 is 47.8. The molecule has 9 heteroatoms. The van der Waals surface area contributed by atoms with Gasteiger partial charge in [-0.3, -0.25) is 9.69 Å². The quantitative estimate of drug-likeness (QED) is 0.569. The molecule has 1 aliphatic rings. The van der Waals surface area contributed by atoms with Crippen LogP contribution in [0.3, 0.4) is 0 Å². The van der Waals surface area contributed by atoms with E-state index in [0.29, 0.717) is 17.6 Å². The summed E-state index contributed by atoms with van der Waals surface area (Å²) in [5.74, 6) is -1.56. The normalized spacial score (nSPS) is 16.2. The third-order valence-electron chi connectivity index (χ3n) is 5.51. The summed E-state index contributed by atoms with van der Waals surface area (Å²) in [6.07, 6.45) is -4.88. The van der Waals surface area contributed by atoms with Crippen LogP contribution in [0, 0.1) is 0 Å². The standard InChI is InChI=1S/C22H20BrF3N2O3/c1-27-8-10-28(11-9-27)12-16-17(29)7-6-15-19(30)18(13-2-4-14(23)5-3-13)21(22(24,25)26)31-20(15)16/h2-7,29H,8-12H2,1H3. The zero-order valence-corrected chi connectivity index (χ0v) is 18.3. The van der Waals surface area contributed by atoms with E-state index >= 15 is 0 Å². The van der Waals surface area contributed by atoms with Gasteiger partial charge in [0.15, 0.2) is 0 Å². The second kappa shape index (κ2) is 8.29. The minimum atomic E-state index is -4.88. The Morgan fingerprint density at radius 3 is 2.32 bits per heavy atom. The molecule has 2 aromatic carbocycles. The van der Waals surface area contributed by atoms with Gasteiger partial charge in [-0.1, -0.05) is 28.1 Å². The summed E-state index contributed by atoms with van der Waals surface area (Å²) in [7, 11) is 1.99. The zero-order valence-electron chi connectivity index (χ0n) is 16.7. The van der Waals surface area contributed by atoms with Crippen molar-refractivity contribution in [1.29, 1.82) is 0 Å². The minimum Gasteiger partial charge on any atom is -0.507 e. The Labute approximate surface area is 184 Å². The molecule has 1 aliphatic heterocycles. The Morgan fingerprint density at radius 1 is 1.06 bits per heavy atom. The first-order valence-electron chi connectivity index (χ1n) is 9.71.